The third kappa shape index (κ3) is 3.31. The molecule has 0 aliphatic carbocycles. The third-order valence-corrected chi connectivity index (χ3v) is 4.31. The van der Waals surface area contributed by atoms with Gasteiger partial charge in [-0.1, -0.05) is 40.2 Å². The number of rotatable bonds is 3. The second-order valence-corrected chi connectivity index (χ2v) is 6.36. The molecular weight excluding hydrogens is 368 g/mol. The molecule has 0 saturated carbocycles. The Hall–Kier alpha value is -1.85. The highest BCUT2D eigenvalue weighted by molar-refractivity contribution is 9.10. The van der Waals surface area contributed by atoms with Crippen molar-refractivity contribution in [2.75, 3.05) is 0 Å². The summed E-state index contributed by atoms with van der Waals surface area (Å²) in [7, 11) is 0. The van der Waals surface area contributed by atoms with E-state index in [1.807, 2.05) is 36.4 Å². The van der Waals surface area contributed by atoms with Crippen molar-refractivity contribution in [2.45, 2.75) is 0 Å². The monoisotopic (exact) mass is 377 g/mol. The Labute approximate surface area is 139 Å². The quantitative estimate of drug-likeness (QED) is 0.543. The fourth-order valence-corrected chi connectivity index (χ4v) is 3.12. The van der Waals surface area contributed by atoms with E-state index in [0.29, 0.717) is 10.7 Å². The van der Waals surface area contributed by atoms with Crippen LogP contribution in [0.5, 0.6) is 0 Å². The molecule has 22 heavy (non-hydrogen) atoms. The molecule has 0 bridgehead atoms. The smallest absolute Gasteiger partial charge is 0.135 e. The van der Waals surface area contributed by atoms with Crippen LogP contribution in [0.1, 0.15) is 10.6 Å². The van der Waals surface area contributed by atoms with Crippen molar-refractivity contribution in [3.8, 4) is 11.3 Å². The van der Waals surface area contributed by atoms with Gasteiger partial charge in [0, 0.05) is 9.85 Å². The normalized spacial score (nSPS) is 11.2. The second kappa shape index (κ2) is 6.50. The Morgan fingerprint density at radius 3 is 2.45 bits per heavy atom. The Balaban J connectivity index is 1.88. The topological polar surface area (TPSA) is 12.9 Å². The van der Waals surface area contributed by atoms with Crippen LogP contribution in [-0.4, -0.2) is 4.98 Å². The predicted octanol–water partition coefficient (Wildman–Crippen LogP) is 6.02. The van der Waals surface area contributed by atoms with Gasteiger partial charge in [0.2, 0.25) is 0 Å². The van der Waals surface area contributed by atoms with Gasteiger partial charge in [-0.3, -0.25) is 0 Å². The number of aromatic nitrogens is 1. The largest absolute Gasteiger partial charge is 0.236 e. The van der Waals surface area contributed by atoms with Gasteiger partial charge < -0.3 is 0 Å². The highest BCUT2D eigenvalue weighted by Gasteiger charge is 2.13. The minimum Gasteiger partial charge on any atom is -0.236 e. The van der Waals surface area contributed by atoms with Crippen LogP contribution in [-0.2, 0) is 0 Å². The first-order valence-electron chi connectivity index (χ1n) is 6.47. The Bertz CT molecular complexity index is 822. The molecule has 110 valence electrons. The second-order valence-electron chi connectivity index (χ2n) is 4.56. The highest BCUT2D eigenvalue weighted by atomic mass is 79.9. The molecule has 0 atom stereocenters. The third-order valence-electron chi connectivity index (χ3n) is 3.01. The molecule has 3 aromatic rings. The maximum absolute atomic E-state index is 13.7. The van der Waals surface area contributed by atoms with E-state index in [1.165, 1.54) is 29.5 Å². The van der Waals surface area contributed by atoms with Crippen LogP contribution in [0.25, 0.3) is 23.4 Å². The average molecular weight is 378 g/mol. The summed E-state index contributed by atoms with van der Waals surface area (Å²) in [5.41, 5.74) is 1.25. The molecule has 0 unspecified atom stereocenters. The molecule has 1 aromatic heterocycles. The minimum absolute atomic E-state index is 0.0825. The summed E-state index contributed by atoms with van der Waals surface area (Å²) < 4.78 is 28.5. The molecule has 2 aromatic carbocycles. The molecule has 0 spiro atoms. The number of nitrogens with zero attached hydrogens (tertiary/aromatic N) is 1. The van der Waals surface area contributed by atoms with Gasteiger partial charge in [-0.15, -0.1) is 11.3 Å². The van der Waals surface area contributed by atoms with E-state index in [0.717, 1.165) is 10.0 Å². The lowest BCUT2D eigenvalue weighted by Gasteiger charge is -2.00. The zero-order valence-electron chi connectivity index (χ0n) is 11.3. The van der Waals surface area contributed by atoms with Gasteiger partial charge in [-0.2, -0.15) is 0 Å². The number of benzene rings is 2. The van der Waals surface area contributed by atoms with Gasteiger partial charge in [0.25, 0.3) is 0 Å². The fraction of sp³-hybridized carbons (Fsp3) is 0. The molecule has 0 saturated heterocycles. The lowest BCUT2D eigenvalue weighted by Crippen LogP contribution is -1.89. The minimum atomic E-state index is -0.604. The van der Waals surface area contributed by atoms with Crippen molar-refractivity contribution >= 4 is 39.4 Å². The van der Waals surface area contributed by atoms with Crippen LogP contribution >= 0.6 is 27.3 Å². The molecule has 0 radical (unpaired) electrons. The van der Waals surface area contributed by atoms with Crippen LogP contribution in [0.15, 0.2) is 52.3 Å². The van der Waals surface area contributed by atoms with Crippen LogP contribution < -0.4 is 0 Å². The van der Waals surface area contributed by atoms with Crippen molar-refractivity contribution in [1.29, 1.82) is 0 Å². The van der Waals surface area contributed by atoms with Crippen LogP contribution in [0.3, 0.4) is 0 Å². The van der Waals surface area contributed by atoms with Gasteiger partial charge in [-0.25, -0.2) is 13.8 Å². The Morgan fingerprint density at radius 2 is 1.73 bits per heavy atom. The standard InChI is InChI=1S/C17H10BrF2NS/c18-12-4-1-3-11(9-12)7-8-16-21-15(10-22-16)17-13(19)5-2-6-14(17)20/h1-10H/b8-7+. The first-order chi connectivity index (χ1) is 10.6. The lowest BCUT2D eigenvalue weighted by molar-refractivity contribution is 0.589. The first kappa shape index (κ1) is 15.1. The summed E-state index contributed by atoms with van der Waals surface area (Å²) in [6, 6.07) is 11.6. The predicted molar refractivity (Wildman–Crippen MR) is 90.5 cm³/mol. The van der Waals surface area contributed by atoms with Crippen molar-refractivity contribution in [3.63, 3.8) is 0 Å². The molecule has 0 amide bonds. The number of halogens is 3. The summed E-state index contributed by atoms with van der Waals surface area (Å²) in [5.74, 6) is -1.21. The van der Waals surface area contributed by atoms with Gasteiger partial charge in [-0.05, 0) is 35.9 Å². The van der Waals surface area contributed by atoms with Crippen molar-refractivity contribution in [2.24, 2.45) is 0 Å². The summed E-state index contributed by atoms with van der Waals surface area (Å²) in [6.07, 6.45) is 3.74. The van der Waals surface area contributed by atoms with Crippen LogP contribution in [0.4, 0.5) is 8.78 Å². The first-order valence-corrected chi connectivity index (χ1v) is 8.14. The van der Waals surface area contributed by atoms with Crippen molar-refractivity contribution in [3.05, 3.63) is 74.5 Å². The number of hydrogen-bond donors (Lipinski definition) is 0. The summed E-state index contributed by atoms with van der Waals surface area (Å²) in [5, 5.41) is 2.35. The lowest BCUT2D eigenvalue weighted by atomic mass is 10.1. The molecule has 1 heterocycles. The maximum atomic E-state index is 13.7. The summed E-state index contributed by atoms with van der Waals surface area (Å²) in [4.78, 5) is 4.28. The summed E-state index contributed by atoms with van der Waals surface area (Å²) in [6.45, 7) is 0. The summed E-state index contributed by atoms with van der Waals surface area (Å²) >= 11 is 4.75. The number of hydrogen-bond acceptors (Lipinski definition) is 2. The van der Waals surface area contributed by atoms with E-state index in [9.17, 15) is 8.78 Å². The van der Waals surface area contributed by atoms with Gasteiger partial charge in [0.15, 0.2) is 0 Å². The van der Waals surface area contributed by atoms with E-state index < -0.39 is 11.6 Å². The van der Waals surface area contributed by atoms with E-state index in [4.69, 9.17) is 0 Å². The zero-order chi connectivity index (χ0) is 15.5. The van der Waals surface area contributed by atoms with E-state index in [2.05, 4.69) is 20.9 Å². The zero-order valence-corrected chi connectivity index (χ0v) is 13.7. The van der Waals surface area contributed by atoms with E-state index in [-0.39, 0.29) is 5.56 Å². The van der Waals surface area contributed by atoms with E-state index >= 15 is 0 Å². The molecule has 5 heteroatoms. The molecule has 0 N–H and O–H groups in total. The maximum Gasteiger partial charge on any atom is 0.135 e. The average Bonchev–Trinajstić information content (AvgIpc) is 2.94. The molecule has 0 fully saturated rings. The van der Waals surface area contributed by atoms with Gasteiger partial charge in [0.05, 0.1) is 11.3 Å². The molecule has 1 nitrogen and oxygen atoms in total. The highest BCUT2D eigenvalue weighted by Crippen LogP contribution is 2.28. The van der Waals surface area contributed by atoms with Crippen LogP contribution in [0.2, 0.25) is 0 Å². The molecule has 3 rings (SSSR count). The van der Waals surface area contributed by atoms with E-state index in [1.54, 1.807) is 5.38 Å². The Morgan fingerprint density at radius 1 is 1.00 bits per heavy atom. The van der Waals surface area contributed by atoms with Gasteiger partial charge >= 0.3 is 0 Å². The van der Waals surface area contributed by atoms with Crippen molar-refractivity contribution in [1.82, 2.24) is 4.98 Å². The fourth-order valence-electron chi connectivity index (χ4n) is 2.00. The molecular formula is C17H10BrF2NS. The van der Waals surface area contributed by atoms with Crippen molar-refractivity contribution < 1.29 is 8.78 Å². The number of thiazole rings is 1. The SMILES string of the molecule is Fc1cccc(F)c1-c1csc(/C=C/c2cccc(Br)c2)n1. The van der Waals surface area contributed by atoms with Crippen LogP contribution in [0, 0.1) is 11.6 Å². The Kier molecular flexibility index (Phi) is 4.45. The molecule has 0 aliphatic heterocycles. The van der Waals surface area contributed by atoms with Gasteiger partial charge in [0.1, 0.15) is 16.6 Å². The molecule has 0 aliphatic rings.